The van der Waals surface area contributed by atoms with Crippen LogP contribution in [0.3, 0.4) is 0 Å². The van der Waals surface area contributed by atoms with Crippen LogP contribution < -0.4 is 5.73 Å². The van der Waals surface area contributed by atoms with Gasteiger partial charge in [-0.15, -0.1) is 0 Å². The second-order valence-corrected chi connectivity index (χ2v) is 4.81. The molecule has 2 rings (SSSR count). The van der Waals surface area contributed by atoms with E-state index in [-0.39, 0.29) is 6.04 Å². The smallest absolute Gasteiger partial charge is 0.110 e. The molecule has 0 bridgehead atoms. The Balaban J connectivity index is 1.74. The number of aryl methyl sites for hydroxylation is 1. The number of hydrogen-bond acceptors (Lipinski definition) is 3. The van der Waals surface area contributed by atoms with Crippen molar-refractivity contribution < 1.29 is 4.74 Å². The Morgan fingerprint density at radius 2 is 2.53 bits per heavy atom. The summed E-state index contributed by atoms with van der Waals surface area (Å²) < 4.78 is 7.77. The summed E-state index contributed by atoms with van der Waals surface area (Å²) in [4.78, 5) is 4.36. The summed E-state index contributed by atoms with van der Waals surface area (Å²) in [7, 11) is 0. The molecule has 1 aliphatic rings. The summed E-state index contributed by atoms with van der Waals surface area (Å²) in [5.41, 5.74) is 6.16. The van der Waals surface area contributed by atoms with Crippen LogP contribution in [-0.2, 0) is 17.7 Å². The van der Waals surface area contributed by atoms with Crippen molar-refractivity contribution in [1.82, 2.24) is 9.55 Å². The predicted octanol–water partition coefficient (Wildman–Crippen LogP) is 1.73. The third-order valence-corrected chi connectivity index (χ3v) is 3.47. The van der Waals surface area contributed by atoms with Crippen LogP contribution in [0, 0.1) is 0 Å². The molecule has 1 aliphatic heterocycles. The highest BCUT2D eigenvalue weighted by molar-refractivity contribution is 4.95. The van der Waals surface area contributed by atoms with Gasteiger partial charge in [-0.3, -0.25) is 0 Å². The van der Waals surface area contributed by atoms with Gasteiger partial charge in [-0.05, 0) is 32.6 Å². The lowest BCUT2D eigenvalue weighted by Crippen LogP contribution is -2.26. The lowest BCUT2D eigenvalue weighted by molar-refractivity contribution is 0.101. The van der Waals surface area contributed by atoms with E-state index in [1.165, 1.54) is 12.8 Å². The molecule has 0 spiro atoms. The van der Waals surface area contributed by atoms with Crippen LogP contribution in [0.5, 0.6) is 0 Å². The van der Waals surface area contributed by atoms with E-state index in [2.05, 4.69) is 16.5 Å². The zero-order valence-corrected chi connectivity index (χ0v) is 10.6. The third-order valence-electron chi connectivity index (χ3n) is 3.47. The number of imidazole rings is 1. The summed E-state index contributed by atoms with van der Waals surface area (Å²) in [6.07, 6.45) is 9.72. The van der Waals surface area contributed by atoms with E-state index in [1.807, 2.05) is 12.4 Å². The van der Waals surface area contributed by atoms with Gasteiger partial charge in [0, 0.05) is 38.0 Å². The summed E-state index contributed by atoms with van der Waals surface area (Å²) >= 11 is 0. The fourth-order valence-electron chi connectivity index (χ4n) is 2.43. The van der Waals surface area contributed by atoms with E-state index >= 15 is 0 Å². The zero-order valence-electron chi connectivity index (χ0n) is 10.6. The van der Waals surface area contributed by atoms with Crippen molar-refractivity contribution in [3.63, 3.8) is 0 Å². The number of hydrogen-bond donors (Lipinski definition) is 1. The molecule has 17 heavy (non-hydrogen) atoms. The maximum atomic E-state index is 6.16. The van der Waals surface area contributed by atoms with Crippen molar-refractivity contribution in [2.45, 2.75) is 57.7 Å². The molecule has 0 amide bonds. The van der Waals surface area contributed by atoms with Gasteiger partial charge in [0.1, 0.15) is 5.82 Å². The molecule has 2 heterocycles. The van der Waals surface area contributed by atoms with E-state index in [0.717, 1.165) is 38.2 Å². The van der Waals surface area contributed by atoms with Crippen LogP contribution in [-0.4, -0.2) is 28.3 Å². The SMILES string of the molecule is CCn1ccnc1CC(N)CCC1CCCO1. The van der Waals surface area contributed by atoms with Crippen molar-refractivity contribution >= 4 is 0 Å². The van der Waals surface area contributed by atoms with Crippen molar-refractivity contribution in [3.05, 3.63) is 18.2 Å². The van der Waals surface area contributed by atoms with Gasteiger partial charge in [0.25, 0.3) is 0 Å². The third kappa shape index (κ3) is 3.54. The van der Waals surface area contributed by atoms with Gasteiger partial charge < -0.3 is 15.0 Å². The van der Waals surface area contributed by atoms with E-state index in [0.29, 0.717) is 6.10 Å². The van der Waals surface area contributed by atoms with Crippen LogP contribution in [0.15, 0.2) is 12.4 Å². The van der Waals surface area contributed by atoms with Crippen LogP contribution in [0.25, 0.3) is 0 Å². The second kappa shape index (κ2) is 6.17. The molecule has 2 unspecified atom stereocenters. The van der Waals surface area contributed by atoms with Gasteiger partial charge in [-0.25, -0.2) is 4.98 Å². The fraction of sp³-hybridized carbons (Fsp3) is 0.769. The van der Waals surface area contributed by atoms with Crippen LogP contribution >= 0.6 is 0 Å². The molecule has 2 N–H and O–H groups in total. The Morgan fingerprint density at radius 1 is 1.65 bits per heavy atom. The first kappa shape index (κ1) is 12.6. The molecule has 4 heteroatoms. The summed E-state index contributed by atoms with van der Waals surface area (Å²) in [5, 5.41) is 0. The molecule has 1 aromatic rings. The minimum Gasteiger partial charge on any atom is -0.378 e. The average molecular weight is 237 g/mol. The molecule has 4 nitrogen and oxygen atoms in total. The number of nitrogens with two attached hydrogens (primary N) is 1. The van der Waals surface area contributed by atoms with Crippen molar-refractivity contribution in [2.75, 3.05) is 6.61 Å². The highest BCUT2D eigenvalue weighted by atomic mass is 16.5. The molecule has 0 aliphatic carbocycles. The largest absolute Gasteiger partial charge is 0.378 e. The highest BCUT2D eigenvalue weighted by Gasteiger charge is 2.17. The number of nitrogens with zero attached hydrogens (tertiary/aromatic N) is 2. The minimum absolute atomic E-state index is 0.201. The number of rotatable bonds is 6. The first-order valence-corrected chi connectivity index (χ1v) is 6.66. The van der Waals surface area contributed by atoms with E-state index < -0.39 is 0 Å². The molecule has 0 saturated carbocycles. The Morgan fingerprint density at radius 3 is 3.24 bits per heavy atom. The maximum absolute atomic E-state index is 6.16. The van der Waals surface area contributed by atoms with Crippen LogP contribution in [0.1, 0.15) is 38.4 Å². The number of aromatic nitrogens is 2. The van der Waals surface area contributed by atoms with Gasteiger partial charge in [0.15, 0.2) is 0 Å². The molecule has 0 aromatic carbocycles. The first-order chi connectivity index (χ1) is 8.29. The Labute approximate surface area is 103 Å². The average Bonchev–Trinajstić information content (AvgIpc) is 2.97. The predicted molar refractivity (Wildman–Crippen MR) is 67.8 cm³/mol. The summed E-state index contributed by atoms with van der Waals surface area (Å²) in [6, 6.07) is 0.201. The Kier molecular flexibility index (Phi) is 4.57. The molecular weight excluding hydrogens is 214 g/mol. The lowest BCUT2D eigenvalue weighted by atomic mass is 10.0. The van der Waals surface area contributed by atoms with Gasteiger partial charge in [-0.1, -0.05) is 0 Å². The maximum Gasteiger partial charge on any atom is 0.110 e. The standard InChI is InChI=1S/C13H23N3O/c1-2-16-8-7-15-13(16)10-11(14)5-6-12-4-3-9-17-12/h7-8,11-12H,2-6,9-10,14H2,1H3. The molecule has 2 atom stereocenters. The summed E-state index contributed by atoms with van der Waals surface area (Å²) in [5.74, 6) is 1.10. The molecule has 0 radical (unpaired) electrons. The Hall–Kier alpha value is -0.870. The van der Waals surface area contributed by atoms with Crippen LogP contribution in [0.2, 0.25) is 0 Å². The lowest BCUT2D eigenvalue weighted by Gasteiger charge is -2.15. The summed E-state index contributed by atoms with van der Waals surface area (Å²) in [6.45, 7) is 4.02. The van der Waals surface area contributed by atoms with Crippen LogP contribution in [0.4, 0.5) is 0 Å². The molecular formula is C13H23N3O. The normalized spacial score (nSPS) is 21.9. The van der Waals surface area contributed by atoms with Gasteiger partial charge in [-0.2, -0.15) is 0 Å². The topological polar surface area (TPSA) is 53.1 Å². The van der Waals surface area contributed by atoms with Gasteiger partial charge in [0.2, 0.25) is 0 Å². The van der Waals surface area contributed by atoms with Crippen molar-refractivity contribution in [1.29, 1.82) is 0 Å². The van der Waals surface area contributed by atoms with Crippen molar-refractivity contribution in [2.24, 2.45) is 5.73 Å². The zero-order chi connectivity index (χ0) is 12.1. The van der Waals surface area contributed by atoms with Gasteiger partial charge >= 0.3 is 0 Å². The van der Waals surface area contributed by atoms with Gasteiger partial charge in [0.05, 0.1) is 6.10 Å². The highest BCUT2D eigenvalue weighted by Crippen LogP contribution is 2.18. The van der Waals surface area contributed by atoms with E-state index in [1.54, 1.807) is 0 Å². The minimum atomic E-state index is 0.201. The second-order valence-electron chi connectivity index (χ2n) is 4.81. The van der Waals surface area contributed by atoms with E-state index in [4.69, 9.17) is 10.5 Å². The molecule has 1 saturated heterocycles. The first-order valence-electron chi connectivity index (χ1n) is 6.66. The molecule has 1 fully saturated rings. The molecule has 96 valence electrons. The van der Waals surface area contributed by atoms with E-state index in [9.17, 15) is 0 Å². The Bertz CT molecular complexity index is 331. The number of ether oxygens (including phenoxy) is 1. The quantitative estimate of drug-likeness (QED) is 0.820. The van der Waals surface area contributed by atoms with Crippen molar-refractivity contribution in [3.8, 4) is 0 Å². The molecule has 1 aromatic heterocycles. The fourth-order valence-corrected chi connectivity index (χ4v) is 2.43. The monoisotopic (exact) mass is 237 g/mol.